The van der Waals surface area contributed by atoms with E-state index >= 15 is 0 Å². The molecule has 0 fully saturated rings. The van der Waals surface area contributed by atoms with Crippen LogP contribution in [-0.4, -0.2) is 57.1 Å². The molecule has 1 aliphatic rings. The molecule has 0 bridgehead atoms. The van der Waals surface area contributed by atoms with Crippen LogP contribution < -0.4 is 0 Å². The normalized spacial score (nSPS) is 15.5. The van der Waals surface area contributed by atoms with Gasteiger partial charge in [-0.1, -0.05) is 42.5 Å². The molecule has 2 atom stereocenters. The Kier molecular flexibility index (Phi) is 5.95. The number of hydrogen-bond donors (Lipinski definition) is 1. The molecular weight excluding hydrogens is 392 g/mol. The van der Waals surface area contributed by atoms with Crippen LogP contribution in [0.4, 0.5) is 0 Å². The highest BCUT2D eigenvalue weighted by atomic mass is 16.7. The minimum absolute atomic E-state index is 0.0175. The number of carbonyl (C=O) groups is 3. The van der Waals surface area contributed by atoms with E-state index < -0.39 is 30.1 Å². The van der Waals surface area contributed by atoms with E-state index in [0.29, 0.717) is 0 Å². The minimum Gasteiger partial charge on any atom is -0.569 e. The fourth-order valence-corrected chi connectivity index (χ4v) is 3.09. The van der Waals surface area contributed by atoms with Gasteiger partial charge in [-0.15, -0.1) is 5.01 Å². The molecule has 3 rings (SSSR count). The molecule has 0 saturated heterocycles. The number of nitrogens with zero attached hydrogens (tertiary/aromatic N) is 4. The predicted molar refractivity (Wildman–Crippen MR) is 103 cm³/mol. The van der Waals surface area contributed by atoms with E-state index in [1.165, 1.54) is 26.1 Å². The molecule has 30 heavy (non-hydrogen) atoms. The monoisotopic (exact) mass is 412 g/mol. The van der Waals surface area contributed by atoms with Crippen LogP contribution in [-0.2, 0) is 16.1 Å². The maximum atomic E-state index is 12.4. The lowest BCUT2D eigenvalue weighted by molar-refractivity contribution is -0.711. The first-order valence-corrected chi connectivity index (χ1v) is 9.11. The van der Waals surface area contributed by atoms with Gasteiger partial charge in [0.15, 0.2) is 6.04 Å². The number of likely N-dealkylation sites (N-methyl/N-ethyl adjacent to an activating group) is 1. The minimum atomic E-state index is -1.22. The van der Waals surface area contributed by atoms with E-state index in [2.05, 4.69) is 5.28 Å². The number of aliphatic carboxylic acids is 1. The molecule has 10 nitrogen and oxygen atoms in total. The van der Waals surface area contributed by atoms with Crippen LogP contribution in [0.15, 0.2) is 59.9 Å². The average molecular weight is 412 g/mol. The summed E-state index contributed by atoms with van der Waals surface area (Å²) in [5, 5.41) is 26.0. The quantitative estimate of drug-likeness (QED) is 0.304. The van der Waals surface area contributed by atoms with Gasteiger partial charge in [-0.3, -0.25) is 9.59 Å². The number of carboxylic acids is 1. The fraction of sp³-hybridized carbons (Fsp3) is 0.250. The maximum absolute atomic E-state index is 12.4. The van der Waals surface area contributed by atoms with Crippen molar-refractivity contribution in [1.29, 1.82) is 0 Å². The number of rotatable bonds is 8. The number of carbonyl (C=O) groups excluding carboxylic acids is 2. The first kappa shape index (κ1) is 20.8. The van der Waals surface area contributed by atoms with Gasteiger partial charge in [-0.05, 0) is 24.6 Å². The van der Waals surface area contributed by atoms with E-state index in [-0.39, 0.29) is 22.5 Å². The van der Waals surface area contributed by atoms with Gasteiger partial charge >= 0.3 is 5.97 Å². The fourth-order valence-electron chi connectivity index (χ4n) is 3.09. The third-order valence-corrected chi connectivity index (χ3v) is 4.74. The molecule has 2 amide bonds. The van der Waals surface area contributed by atoms with Gasteiger partial charge in [0, 0.05) is 6.42 Å². The zero-order valence-electron chi connectivity index (χ0n) is 16.3. The molecule has 1 N–H and O–H groups in total. The first-order valence-electron chi connectivity index (χ1n) is 9.11. The van der Waals surface area contributed by atoms with Gasteiger partial charge in [-0.25, -0.2) is 9.69 Å². The van der Waals surface area contributed by atoms with Crippen molar-refractivity contribution in [1.82, 2.24) is 9.91 Å². The number of carboxylic acid groups (broad SMARTS) is 1. The van der Waals surface area contributed by atoms with E-state index in [9.17, 15) is 24.7 Å². The second kappa shape index (κ2) is 8.60. The van der Waals surface area contributed by atoms with E-state index in [1.54, 1.807) is 42.5 Å². The van der Waals surface area contributed by atoms with Crippen molar-refractivity contribution < 1.29 is 29.3 Å². The molecule has 10 heteroatoms. The standard InChI is InChI=1S/C20H20N4O6/c1-13(23-18(25)15-10-6-7-11-16(15)19(23)26)30-21-24(29)22(2)17(20(27)28)12-14-8-4-3-5-9-14/h3-11,13,17H,12H2,1-2H3,(H,27,28)/t13?,17-/m0/s1. The summed E-state index contributed by atoms with van der Waals surface area (Å²) in [5.74, 6) is -2.33. The van der Waals surface area contributed by atoms with Crippen LogP contribution in [0, 0.1) is 5.21 Å². The molecule has 156 valence electrons. The molecule has 1 unspecified atom stereocenters. The summed E-state index contributed by atoms with van der Waals surface area (Å²) in [7, 11) is 1.26. The Bertz CT molecular complexity index is 959. The summed E-state index contributed by atoms with van der Waals surface area (Å²) in [6.45, 7) is 1.39. The zero-order valence-corrected chi connectivity index (χ0v) is 16.3. The van der Waals surface area contributed by atoms with Crippen LogP contribution in [0.5, 0.6) is 0 Å². The summed E-state index contributed by atoms with van der Waals surface area (Å²) >= 11 is 0. The Morgan fingerprint density at radius 3 is 2.20 bits per heavy atom. The molecule has 0 radical (unpaired) electrons. The Morgan fingerprint density at radius 1 is 1.13 bits per heavy atom. The Morgan fingerprint density at radius 2 is 1.67 bits per heavy atom. The average Bonchev–Trinajstić information content (AvgIpc) is 3.00. The van der Waals surface area contributed by atoms with Gasteiger partial charge < -0.3 is 15.2 Å². The van der Waals surface area contributed by atoms with E-state index in [4.69, 9.17) is 4.84 Å². The Hall–Kier alpha value is -3.95. The smallest absolute Gasteiger partial charge is 0.332 e. The number of fused-ring (bicyclic) bond motifs is 1. The van der Waals surface area contributed by atoms with Crippen LogP contribution in [0.1, 0.15) is 33.2 Å². The number of imide groups is 1. The topological polar surface area (TPSA) is 126 Å². The van der Waals surface area contributed by atoms with Gasteiger partial charge in [-0.2, -0.15) is 0 Å². The van der Waals surface area contributed by atoms with Gasteiger partial charge in [0.25, 0.3) is 11.8 Å². The molecule has 1 aliphatic heterocycles. The lowest BCUT2D eigenvalue weighted by Crippen LogP contribution is -2.44. The van der Waals surface area contributed by atoms with Gasteiger partial charge in [0.05, 0.1) is 23.1 Å². The van der Waals surface area contributed by atoms with Crippen molar-refractivity contribution in [3.63, 3.8) is 0 Å². The summed E-state index contributed by atoms with van der Waals surface area (Å²) in [5.41, 5.74) is 1.20. The van der Waals surface area contributed by atoms with Crippen molar-refractivity contribution in [3.05, 3.63) is 76.5 Å². The summed E-state index contributed by atoms with van der Waals surface area (Å²) in [4.78, 5) is 42.4. The van der Waals surface area contributed by atoms with Crippen molar-refractivity contribution in [2.75, 3.05) is 7.05 Å². The highest BCUT2D eigenvalue weighted by Gasteiger charge is 2.40. The number of benzene rings is 2. The molecule has 0 saturated carbocycles. The highest BCUT2D eigenvalue weighted by Crippen LogP contribution is 2.24. The number of hydrogen-bond acceptors (Lipinski definition) is 6. The van der Waals surface area contributed by atoms with Crippen LogP contribution in [0.25, 0.3) is 0 Å². The van der Waals surface area contributed by atoms with Crippen LogP contribution >= 0.6 is 0 Å². The van der Waals surface area contributed by atoms with Crippen molar-refractivity contribution >= 4 is 17.8 Å². The molecule has 1 heterocycles. The largest absolute Gasteiger partial charge is 0.569 e. The number of amides is 2. The van der Waals surface area contributed by atoms with Crippen molar-refractivity contribution in [3.8, 4) is 0 Å². The molecule has 0 aromatic heterocycles. The Balaban J connectivity index is 1.69. The molecule has 2 aromatic carbocycles. The molecule has 0 aliphatic carbocycles. The molecule has 2 aromatic rings. The first-order chi connectivity index (χ1) is 14.3. The highest BCUT2D eigenvalue weighted by molar-refractivity contribution is 6.21. The van der Waals surface area contributed by atoms with Crippen LogP contribution in [0.2, 0.25) is 0 Å². The third kappa shape index (κ3) is 4.07. The summed E-state index contributed by atoms with van der Waals surface area (Å²) < 4.78 is 0. The maximum Gasteiger partial charge on any atom is 0.332 e. The molecular formula is C20H20N4O6. The van der Waals surface area contributed by atoms with Crippen LogP contribution in [0.3, 0.4) is 0 Å². The predicted octanol–water partition coefficient (Wildman–Crippen LogP) is 2.07. The van der Waals surface area contributed by atoms with E-state index in [0.717, 1.165) is 15.5 Å². The summed E-state index contributed by atoms with van der Waals surface area (Å²) in [6, 6.07) is 13.9. The Labute approximate surface area is 172 Å². The summed E-state index contributed by atoms with van der Waals surface area (Å²) in [6.07, 6.45) is -1.10. The SMILES string of the molecule is CC(ON=[N+]([O-])N(C)[C@@H](Cc1ccccc1)C(=O)O)N1C(=O)c2ccccc2C1=O. The second-order valence-electron chi connectivity index (χ2n) is 6.68. The lowest BCUT2D eigenvalue weighted by atomic mass is 10.1. The van der Waals surface area contributed by atoms with E-state index in [1.807, 2.05) is 0 Å². The lowest BCUT2D eigenvalue weighted by Gasteiger charge is -2.22. The zero-order chi connectivity index (χ0) is 21.8. The van der Waals surface area contributed by atoms with Crippen molar-refractivity contribution in [2.24, 2.45) is 5.28 Å². The number of hydrazine groups is 1. The van der Waals surface area contributed by atoms with Gasteiger partial charge in [0.2, 0.25) is 11.5 Å². The molecule has 0 spiro atoms. The van der Waals surface area contributed by atoms with Gasteiger partial charge in [0.1, 0.15) is 0 Å². The third-order valence-electron chi connectivity index (χ3n) is 4.74. The van der Waals surface area contributed by atoms with Crippen molar-refractivity contribution in [2.45, 2.75) is 25.6 Å². The second-order valence-corrected chi connectivity index (χ2v) is 6.68.